The van der Waals surface area contributed by atoms with E-state index in [1.165, 1.54) is 0 Å². The number of Topliss-reactive ketones (excluding diaryl/α,β-unsaturated/α-hetero) is 2. The SMILES string of the molecule is CCOC(=O)CCC(=O)CCC(=O)c1ccc(-n2ccnc2C)cc1. The van der Waals surface area contributed by atoms with Gasteiger partial charge >= 0.3 is 5.97 Å². The molecule has 6 nitrogen and oxygen atoms in total. The molecule has 0 unspecified atom stereocenters. The first-order chi connectivity index (χ1) is 12.0. The molecule has 0 saturated carbocycles. The molecule has 1 heterocycles. The topological polar surface area (TPSA) is 78.3 Å². The molecule has 0 saturated heterocycles. The van der Waals surface area contributed by atoms with Crippen LogP contribution in [0.25, 0.3) is 5.69 Å². The van der Waals surface area contributed by atoms with Gasteiger partial charge in [-0.15, -0.1) is 0 Å². The number of nitrogens with zero attached hydrogens (tertiary/aromatic N) is 2. The second kappa shape index (κ2) is 8.92. The zero-order chi connectivity index (χ0) is 18.2. The van der Waals surface area contributed by atoms with Crippen LogP contribution in [0.3, 0.4) is 0 Å². The Labute approximate surface area is 146 Å². The van der Waals surface area contributed by atoms with Crippen molar-refractivity contribution in [3.05, 3.63) is 48.0 Å². The number of imidazole rings is 1. The van der Waals surface area contributed by atoms with Crippen molar-refractivity contribution in [1.29, 1.82) is 0 Å². The molecule has 0 fully saturated rings. The second-order valence-electron chi connectivity index (χ2n) is 5.66. The summed E-state index contributed by atoms with van der Waals surface area (Å²) in [4.78, 5) is 39.3. The molecule has 2 rings (SSSR count). The third-order valence-electron chi connectivity index (χ3n) is 3.84. The van der Waals surface area contributed by atoms with Crippen LogP contribution < -0.4 is 0 Å². The van der Waals surface area contributed by atoms with Gasteiger partial charge in [0.15, 0.2) is 5.78 Å². The summed E-state index contributed by atoms with van der Waals surface area (Å²) in [6, 6.07) is 7.20. The molecule has 0 N–H and O–H groups in total. The van der Waals surface area contributed by atoms with E-state index in [-0.39, 0.29) is 43.2 Å². The smallest absolute Gasteiger partial charge is 0.306 e. The van der Waals surface area contributed by atoms with E-state index in [1.807, 2.05) is 29.8 Å². The number of esters is 1. The van der Waals surface area contributed by atoms with Crippen LogP contribution >= 0.6 is 0 Å². The van der Waals surface area contributed by atoms with E-state index in [9.17, 15) is 14.4 Å². The Morgan fingerprint density at radius 3 is 2.32 bits per heavy atom. The zero-order valence-corrected chi connectivity index (χ0v) is 14.5. The lowest BCUT2D eigenvalue weighted by Gasteiger charge is -2.06. The molecule has 0 aliphatic rings. The van der Waals surface area contributed by atoms with Crippen LogP contribution in [0, 0.1) is 6.92 Å². The van der Waals surface area contributed by atoms with Crippen molar-refractivity contribution in [3.63, 3.8) is 0 Å². The van der Waals surface area contributed by atoms with Gasteiger partial charge in [-0.2, -0.15) is 0 Å². The molecule has 25 heavy (non-hydrogen) atoms. The van der Waals surface area contributed by atoms with Crippen LogP contribution in [-0.4, -0.2) is 33.7 Å². The lowest BCUT2D eigenvalue weighted by atomic mass is 10.0. The zero-order valence-electron chi connectivity index (χ0n) is 14.5. The van der Waals surface area contributed by atoms with E-state index in [1.54, 1.807) is 25.3 Å². The molecule has 132 valence electrons. The van der Waals surface area contributed by atoms with Gasteiger partial charge in [0.05, 0.1) is 13.0 Å². The van der Waals surface area contributed by atoms with Gasteiger partial charge in [0.25, 0.3) is 0 Å². The number of ketones is 2. The average molecular weight is 342 g/mol. The van der Waals surface area contributed by atoms with E-state index in [0.717, 1.165) is 11.5 Å². The minimum Gasteiger partial charge on any atom is -0.466 e. The third-order valence-corrected chi connectivity index (χ3v) is 3.84. The fourth-order valence-electron chi connectivity index (χ4n) is 2.46. The van der Waals surface area contributed by atoms with E-state index in [4.69, 9.17) is 4.74 Å². The summed E-state index contributed by atoms with van der Waals surface area (Å²) in [7, 11) is 0. The maximum Gasteiger partial charge on any atom is 0.306 e. The minimum absolute atomic E-state index is 0.0693. The first-order valence-electron chi connectivity index (χ1n) is 8.32. The van der Waals surface area contributed by atoms with Gasteiger partial charge in [0.1, 0.15) is 11.6 Å². The van der Waals surface area contributed by atoms with Gasteiger partial charge in [0.2, 0.25) is 0 Å². The molecule has 0 radical (unpaired) electrons. The first kappa shape index (κ1) is 18.6. The number of ether oxygens (including phenoxy) is 1. The Kier molecular flexibility index (Phi) is 6.62. The normalized spacial score (nSPS) is 10.5. The van der Waals surface area contributed by atoms with E-state index in [0.29, 0.717) is 12.2 Å². The molecule has 0 amide bonds. The molecule has 6 heteroatoms. The molecule has 0 aliphatic carbocycles. The molecule has 1 aromatic heterocycles. The van der Waals surface area contributed by atoms with Crippen LogP contribution in [0.15, 0.2) is 36.7 Å². The van der Waals surface area contributed by atoms with Crippen molar-refractivity contribution in [2.24, 2.45) is 0 Å². The largest absolute Gasteiger partial charge is 0.466 e. The summed E-state index contributed by atoms with van der Waals surface area (Å²) in [5.41, 5.74) is 1.50. The van der Waals surface area contributed by atoms with E-state index in [2.05, 4.69) is 4.98 Å². The summed E-state index contributed by atoms with van der Waals surface area (Å²) in [5, 5.41) is 0. The van der Waals surface area contributed by atoms with Crippen molar-refractivity contribution < 1.29 is 19.1 Å². The summed E-state index contributed by atoms with van der Waals surface area (Å²) in [6.45, 7) is 3.93. The monoisotopic (exact) mass is 342 g/mol. The average Bonchev–Trinajstić information content (AvgIpc) is 3.04. The highest BCUT2D eigenvalue weighted by Gasteiger charge is 2.12. The minimum atomic E-state index is -0.382. The number of hydrogen-bond acceptors (Lipinski definition) is 5. The molecule has 0 aliphatic heterocycles. The van der Waals surface area contributed by atoms with E-state index < -0.39 is 0 Å². The summed E-state index contributed by atoms with van der Waals surface area (Å²) in [5.74, 6) is 0.296. The summed E-state index contributed by atoms with van der Waals surface area (Å²) >= 11 is 0. The highest BCUT2D eigenvalue weighted by molar-refractivity contribution is 5.98. The van der Waals surface area contributed by atoms with Gasteiger partial charge in [-0.1, -0.05) is 0 Å². The van der Waals surface area contributed by atoms with Crippen molar-refractivity contribution in [2.75, 3.05) is 6.61 Å². The standard InChI is InChI=1S/C19H22N2O4/c1-3-25-19(24)11-9-17(22)8-10-18(23)15-4-6-16(7-5-15)21-13-12-20-14(21)2/h4-7,12-13H,3,8-11H2,1-2H3. The highest BCUT2D eigenvalue weighted by atomic mass is 16.5. The fourth-order valence-corrected chi connectivity index (χ4v) is 2.46. The van der Waals surface area contributed by atoms with Crippen molar-refractivity contribution in [1.82, 2.24) is 9.55 Å². The fraction of sp³-hybridized carbons (Fsp3) is 0.368. The number of aromatic nitrogens is 2. The van der Waals surface area contributed by atoms with E-state index >= 15 is 0 Å². The van der Waals surface area contributed by atoms with Gasteiger partial charge in [-0.3, -0.25) is 14.4 Å². The molecular weight excluding hydrogens is 320 g/mol. The van der Waals surface area contributed by atoms with Crippen molar-refractivity contribution >= 4 is 17.5 Å². The molecular formula is C19H22N2O4. The summed E-state index contributed by atoms with van der Waals surface area (Å²) in [6.07, 6.45) is 4.04. The number of benzene rings is 1. The Bertz CT molecular complexity index is 747. The predicted octanol–water partition coefficient (Wildman–Crippen LogP) is 3.06. The van der Waals surface area contributed by atoms with Gasteiger partial charge in [-0.25, -0.2) is 4.98 Å². The second-order valence-corrected chi connectivity index (χ2v) is 5.66. The highest BCUT2D eigenvalue weighted by Crippen LogP contribution is 2.14. The van der Waals surface area contributed by atoms with Crippen LogP contribution in [0.1, 0.15) is 48.8 Å². The maximum atomic E-state index is 12.2. The van der Waals surface area contributed by atoms with Crippen molar-refractivity contribution in [3.8, 4) is 5.69 Å². The Morgan fingerprint density at radius 1 is 1.04 bits per heavy atom. The molecule has 2 aromatic rings. The summed E-state index contributed by atoms with van der Waals surface area (Å²) < 4.78 is 6.70. The Morgan fingerprint density at radius 2 is 1.72 bits per heavy atom. The third kappa shape index (κ3) is 5.38. The number of aryl methyl sites for hydroxylation is 1. The molecule has 1 aromatic carbocycles. The Hall–Kier alpha value is -2.76. The maximum absolute atomic E-state index is 12.2. The number of rotatable bonds is 9. The van der Waals surface area contributed by atoms with Crippen molar-refractivity contribution in [2.45, 2.75) is 39.5 Å². The Balaban J connectivity index is 1.84. The van der Waals surface area contributed by atoms with Crippen LogP contribution in [0.4, 0.5) is 0 Å². The molecule has 0 bridgehead atoms. The van der Waals surface area contributed by atoms with Crippen LogP contribution in [0.5, 0.6) is 0 Å². The van der Waals surface area contributed by atoms with Gasteiger partial charge < -0.3 is 9.30 Å². The number of hydrogen-bond donors (Lipinski definition) is 0. The number of carbonyl (C=O) groups is 3. The quantitative estimate of drug-likeness (QED) is 0.517. The lowest BCUT2D eigenvalue weighted by molar-refractivity contribution is -0.144. The van der Waals surface area contributed by atoms with Crippen LogP contribution in [-0.2, 0) is 14.3 Å². The number of carbonyl (C=O) groups excluding carboxylic acids is 3. The first-order valence-corrected chi connectivity index (χ1v) is 8.32. The van der Waals surface area contributed by atoms with Crippen LogP contribution in [0.2, 0.25) is 0 Å². The predicted molar refractivity (Wildman–Crippen MR) is 92.7 cm³/mol. The molecule has 0 spiro atoms. The van der Waals surface area contributed by atoms with Gasteiger partial charge in [-0.05, 0) is 38.1 Å². The molecule has 0 atom stereocenters. The lowest BCUT2D eigenvalue weighted by Crippen LogP contribution is -2.09. The van der Waals surface area contributed by atoms with Gasteiger partial charge in [0, 0.05) is 42.9 Å².